The second-order valence-corrected chi connectivity index (χ2v) is 6.48. The summed E-state index contributed by atoms with van der Waals surface area (Å²) in [7, 11) is -3.77. The molecule has 0 fully saturated rings. The average Bonchev–Trinajstić information content (AvgIpc) is 2.33. The number of hydrogen-bond acceptors (Lipinski definition) is 4. The van der Waals surface area contributed by atoms with E-state index in [1.807, 2.05) is 0 Å². The maximum atomic E-state index is 12.8. The highest BCUT2D eigenvalue weighted by atomic mass is 32.2. The molecule has 2 aromatic carbocycles. The van der Waals surface area contributed by atoms with Crippen LogP contribution in [0, 0.1) is 5.82 Å². The van der Waals surface area contributed by atoms with Gasteiger partial charge in [0.15, 0.2) is 0 Å². The summed E-state index contributed by atoms with van der Waals surface area (Å²) in [5.74, 6) is -0.337. The van der Waals surface area contributed by atoms with Gasteiger partial charge in [0.2, 0.25) is 10.0 Å². The van der Waals surface area contributed by atoms with Gasteiger partial charge in [0.05, 0.1) is 4.90 Å². The van der Waals surface area contributed by atoms with E-state index in [-0.39, 0.29) is 10.7 Å². The van der Waals surface area contributed by atoms with Crippen molar-refractivity contribution in [1.29, 1.82) is 0 Å². The highest BCUT2D eigenvalue weighted by Gasteiger charge is 2.11. The molecule has 7 heteroatoms. The lowest BCUT2D eigenvalue weighted by Crippen LogP contribution is -2.12. The highest BCUT2D eigenvalue weighted by molar-refractivity contribution is 7.99. The minimum Gasteiger partial charge on any atom is -0.398 e. The number of halogens is 1. The Morgan fingerprint density at radius 3 is 2.26 bits per heavy atom. The molecule has 4 nitrogen and oxygen atoms in total. The Balaban J connectivity index is 2.37. The molecule has 0 saturated carbocycles. The zero-order chi connectivity index (χ0) is 14.0. The third kappa shape index (κ3) is 3.46. The zero-order valence-corrected chi connectivity index (χ0v) is 11.3. The van der Waals surface area contributed by atoms with Crippen molar-refractivity contribution in [2.24, 2.45) is 5.14 Å². The van der Waals surface area contributed by atoms with Gasteiger partial charge in [-0.15, -0.1) is 0 Å². The van der Waals surface area contributed by atoms with Gasteiger partial charge >= 0.3 is 0 Å². The molecule has 0 aliphatic heterocycles. The number of nitrogen functional groups attached to an aromatic ring is 1. The maximum Gasteiger partial charge on any atom is 0.238 e. The molecule has 2 rings (SSSR count). The fourth-order valence-corrected chi connectivity index (χ4v) is 2.92. The summed E-state index contributed by atoms with van der Waals surface area (Å²) in [4.78, 5) is 1.30. The van der Waals surface area contributed by atoms with Gasteiger partial charge in [-0.2, -0.15) is 0 Å². The molecule has 0 aliphatic rings. The van der Waals surface area contributed by atoms with Crippen LogP contribution >= 0.6 is 11.8 Å². The molecule has 19 heavy (non-hydrogen) atoms. The van der Waals surface area contributed by atoms with Crippen LogP contribution in [0.15, 0.2) is 57.2 Å². The Bertz CT molecular complexity index is 700. The van der Waals surface area contributed by atoms with Crippen molar-refractivity contribution in [3.63, 3.8) is 0 Å². The first-order chi connectivity index (χ1) is 8.86. The molecule has 0 bridgehead atoms. The number of benzene rings is 2. The molecule has 0 aromatic heterocycles. The van der Waals surface area contributed by atoms with Gasteiger partial charge in [0, 0.05) is 15.5 Å². The van der Waals surface area contributed by atoms with Crippen LogP contribution in [-0.2, 0) is 10.0 Å². The number of nitrogens with two attached hydrogens (primary N) is 2. The molecular formula is C12H11FN2O2S2. The van der Waals surface area contributed by atoms with Crippen LogP contribution in [0.4, 0.5) is 10.1 Å². The summed E-state index contributed by atoms with van der Waals surface area (Å²) in [5.41, 5.74) is 6.21. The van der Waals surface area contributed by atoms with E-state index in [1.165, 1.54) is 42.1 Å². The minimum absolute atomic E-state index is 0.00804. The lowest BCUT2D eigenvalue weighted by atomic mass is 10.3. The fraction of sp³-hybridized carbons (Fsp3) is 0. The Hall–Kier alpha value is -1.57. The quantitative estimate of drug-likeness (QED) is 0.851. The van der Waals surface area contributed by atoms with E-state index in [0.29, 0.717) is 10.6 Å². The van der Waals surface area contributed by atoms with Crippen molar-refractivity contribution in [1.82, 2.24) is 0 Å². The highest BCUT2D eigenvalue weighted by Crippen LogP contribution is 2.33. The van der Waals surface area contributed by atoms with Crippen LogP contribution in [-0.4, -0.2) is 8.42 Å². The number of anilines is 1. The SMILES string of the molecule is Nc1ccc(S(N)(=O)=O)cc1Sc1ccc(F)cc1. The number of hydrogen-bond donors (Lipinski definition) is 2. The van der Waals surface area contributed by atoms with Crippen LogP contribution in [0.3, 0.4) is 0 Å². The van der Waals surface area contributed by atoms with Crippen molar-refractivity contribution >= 4 is 27.5 Å². The summed E-state index contributed by atoms with van der Waals surface area (Å²) in [6.07, 6.45) is 0. The Kier molecular flexibility index (Phi) is 3.79. The summed E-state index contributed by atoms with van der Waals surface area (Å²) in [6.45, 7) is 0. The first-order valence-electron chi connectivity index (χ1n) is 5.22. The number of primary sulfonamides is 1. The zero-order valence-electron chi connectivity index (χ0n) is 9.71. The Morgan fingerprint density at radius 1 is 1.05 bits per heavy atom. The molecule has 2 aromatic rings. The van der Waals surface area contributed by atoms with Gasteiger partial charge in [-0.25, -0.2) is 17.9 Å². The van der Waals surface area contributed by atoms with Gasteiger partial charge in [0.25, 0.3) is 0 Å². The topological polar surface area (TPSA) is 86.2 Å². The van der Waals surface area contributed by atoms with Crippen LogP contribution in [0.1, 0.15) is 0 Å². The van der Waals surface area contributed by atoms with Gasteiger partial charge < -0.3 is 5.73 Å². The summed E-state index contributed by atoms with van der Waals surface area (Å²) in [6, 6.07) is 10.0. The standard InChI is InChI=1S/C12H11FN2O2S2/c13-8-1-3-9(4-2-8)18-12-7-10(19(15,16)17)5-6-11(12)14/h1-7H,14H2,(H2,15,16,17). The van der Waals surface area contributed by atoms with E-state index >= 15 is 0 Å². The summed E-state index contributed by atoms with van der Waals surface area (Å²) < 4.78 is 35.3. The van der Waals surface area contributed by atoms with Crippen molar-refractivity contribution in [3.8, 4) is 0 Å². The van der Waals surface area contributed by atoms with Gasteiger partial charge in [0.1, 0.15) is 5.82 Å². The van der Waals surface area contributed by atoms with E-state index in [0.717, 1.165) is 4.90 Å². The molecule has 100 valence electrons. The predicted molar refractivity (Wildman–Crippen MR) is 72.8 cm³/mol. The van der Waals surface area contributed by atoms with E-state index in [4.69, 9.17) is 10.9 Å². The van der Waals surface area contributed by atoms with Gasteiger partial charge in [-0.1, -0.05) is 11.8 Å². The Morgan fingerprint density at radius 2 is 1.68 bits per heavy atom. The largest absolute Gasteiger partial charge is 0.398 e. The lowest BCUT2D eigenvalue weighted by Gasteiger charge is -2.07. The van der Waals surface area contributed by atoms with Gasteiger partial charge in [-0.3, -0.25) is 0 Å². The maximum absolute atomic E-state index is 12.8. The Labute approximate surface area is 114 Å². The molecule has 4 N–H and O–H groups in total. The van der Waals surface area contributed by atoms with Crippen LogP contribution in [0.5, 0.6) is 0 Å². The third-order valence-corrected chi connectivity index (χ3v) is 4.35. The first kappa shape index (κ1) is 13.9. The van der Waals surface area contributed by atoms with Crippen LogP contribution in [0.2, 0.25) is 0 Å². The number of sulfonamides is 1. The second kappa shape index (κ2) is 5.20. The van der Waals surface area contributed by atoms with Crippen LogP contribution in [0.25, 0.3) is 0 Å². The molecule has 0 radical (unpaired) electrons. The second-order valence-electron chi connectivity index (χ2n) is 3.80. The van der Waals surface area contributed by atoms with Crippen molar-refractivity contribution in [2.45, 2.75) is 14.7 Å². The number of rotatable bonds is 3. The van der Waals surface area contributed by atoms with Crippen molar-refractivity contribution in [3.05, 3.63) is 48.3 Å². The van der Waals surface area contributed by atoms with E-state index in [9.17, 15) is 12.8 Å². The minimum atomic E-state index is -3.77. The van der Waals surface area contributed by atoms with E-state index < -0.39 is 10.0 Å². The molecule has 0 spiro atoms. The first-order valence-corrected chi connectivity index (χ1v) is 7.58. The lowest BCUT2D eigenvalue weighted by molar-refractivity contribution is 0.597. The van der Waals surface area contributed by atoms with Crippen molar-refractivity contribution in [2.75, 3.05) is 5.73 Å². The third-order valence-electron chi connectivity index (χ3n) is 2.36. The fourth-order valence-electron chi connectivity index (χ4n) is 1.41. The molecule has 0 saturated heterocycles. The monoisotopic (exact) mass is 298 g/mol. The summed E-state index contributed by atoms with van der Waals surface area (Å²) >= 11 is 1.24. The van der Waals surface area contributed by atoms with Crippen molar-refractivity contribution < 1.29 is 12.8 Å². The smallest absolute Gasteiger partial charge is 0.238 e. The normalized spacial score (nSPS) is 11.5. The van der Waals surface area contributed by atoms with Gasteiger partial charge in [-0.05, 0) is 42.5 Å². The average molecular weight is 298 g/mol. The van der Waals surface area contributed by atoms with Crippen LogP contribution < -0.4 is 10.9 Å². The summed E-state index contributed by atoms with van der Waals surface area (Å²) in [5, 5.41) is 5.06. The van der Waals surface area contributed by atoms with E-state index in [1.54, 1.807) is 12.1 Å². The predicted octanol–water partition coefficient (Wildman–Crippen LogP) is 2.21. The molecular weight excluding hydrogens is 287 g/mol. The molecule has 0 heterocycles. The molecule has 0 amide bonds. The molecule has 0 aliphatic carbocycles. The molecule has 0 atom stereocenters. The van der Waals surface area contributed by atoms with E-state index in [2.05, 4.69) is 0 Å². The molecule has 0 unspecified atom stereocenters.